The number of carbonyl (C=O) groups is 3. The SMILES string of the molecule is CC(=O)O[C@H]1[C@H](ONC(=O)/C=C/c2ccc(CNCCc3c(C)[nH]c4ccccc34)cc2)O[C@H](CF)[CH][C@@H]1OC(C)=O. The maximum Gasteiger partial charge on any atom is 0.303 e. The molecule has 0 bridgehead atoms. The summed E-state index contributed by atoms with van der Waals surface area (Å²) < 4.78 is 29.0. The predicted octanol–water partition coefficient (Wildman–Crippen LogP) is 3.63. The number of alkyl halides is 1. The summed E-state index contributed by atoms with van der Waals surface area (Å²) >= 11 is 0. The molecule has 2 heterocycles. The Labute approximate surface area is 243 Å². The van der Waals surface area contributed by atoms with Gasteiger partial charge in [-0.1, -0.05) is 42.5 Å². The highest BCUT2D eigenvalue weighted by atomic mass is 19.1. The summed E-state index contributed by atoms with van der Waals surface area (Å²) in [6.45, 7) is 5.01. The van der Waals surface area contributed by atoms with E-state index >= 15 is 0 Å². The van der Waals surface area contributed by atoms with Crippen LogP contribution in [0.2, 0.25) is 0 Å². The first-order valence-electron chi connectivity index (χ1n) is 13.6. The van der Waals surface area contributed by atoms with Gasteiger partial charge in [0.15, 0.2) is 6.10 Å². The number of hydrogen-bond donors (Lipinski definition) is 3. The number of benzene rings is 2. The van der Waals surface area contributed by atoms with Crippen molar-refractivity contribution in [1.29, 1.82) is 0 Å². The topological polar surface area (TPSA) is 128 Å². The van der Waals surface area contributed by atoms with Crippen LogP contribution in [0.25, 0.3) is 17.0 Å². The van der Waals surface area contributed by atoms with Crippen molar-refractivity contribution >= 4 is 34.8 Å². The summed E-state index contributed by atoms with van der Waals surface area (Å²) in [6, 6.07) is 16.0. The molecule has 0 spiro atoms. The number of nitrogens with one attached hydrogen (secondary N) is 3. The molecule has 0 unspecified atom stereocenters. The molecule has 1 fully saturated rings. The van der Waals surface area contributed by atoms with E-state index in [-0.39, 0.29) is 0 Å². The second kappa shape index (κ2) is 14.7. The van der Waals surface area contributed by atoms with Crippen LogP contribution in [0, 0.1) is 13.3 Å². The number of carbonyl (C=O) groups excluding carboxylic acids is 3. The van der Waals surface area contributed by atoms with E-state index < -0.39 is 49.1 Å². The van der Waals surface area contributed by atoms with Gasteiger partial charge in [0, 0.05) is 49.5 Å². The van der Waals surface area contributed by atoms with Gasteiger partial charge >= 0.3 is 11.9 Å². The predicted molar refractivity (Wildman–Crippen MR) is 153 cm³/mol. The van der Waals surface area contributed by atoms with Gasteiger partial charge < -0.3 is 24.5 Å². The van der Waals surface area contributed by atoms with Crippen molar-refractivity contribution in [2.24, 2.45) is 0 Å². The molecule has 4 rings (SSSR count). The molecule has 1 aliphatic heterocycles. The van der Waals surface area contributed by atoms with E-state index in [0.29, 0.717) is 6.54 Å². The number of halogens is 1. The van der Waals surface area contributed by atoms with E-state index in [4.69, 9.17) is 19.0 Å². The first kappa shape index (κ1) is 30.9. The second-order valence-corrected chi connectivity index (χ2v) is 9.90. The van der Waals surface area contributed by atoms with Gasteiger partial charge in [0.05, 0.1) is 6.10 Å². The monoisotopic (exact) mass is 580 g/mol. The standard InChI is InChI=1S/C31H35FN3O7/c1-19-25(26-6-4-5-7-27(26)34-19)14-15-33-18-23-10-8-22(9-11-23)12-13-29(38)35-42-31-30(40-21(3)37)28(39-20(2)36)16-24(17-32)41-31/h4-13,16,24,28,30-31,33-34H,14-15,17-18H2,1-3H3,(H,35,38)/b13-12+/t24-,28-,30+,31-/m0/s1. The van der Waals surface area contributed by atoms with Gasteiger partial charge in [-0.2, -0.15) is 0 Å². The maximum absolute atomic E-state index is 13.3. The largest absolute Gasteiger partial charge is 0.458 e. The summed E-state index contributed by atoms with van der Waals surface area (Å²) in [5.41, 5.74) is 7.74. The average Bonchev–Trinajstić information content (AvgIpc) is 3.28. The van der Waals surface area contributed by atoms with E-state index in [9.17, 15) is 18.8 Å². The fourth-order valence-corrected chi connectivity index (χ4v) is 4.74. The lowest BCUT2D eigenvalue weighted by molar-refractivity contribution is -0.275. The highest BCUT2D eigenvalue weighted by molar-refractivity contribution is 5.91. The number of hydrogen-bond acceptors (Lipinski definition) is 8. The molecule has 0 saturated carbocycles. The molecule has 1 radical (unpaired) electrons. The number of ether oxygens (including phenoxy) is 3. The molecule has 3 aromatic rings. The van der Waals surface area contributed by atoms with Gasteiger partial charge in [-0.05, 0) is 48.7 Å². The lowest BCUT2D eigenvalue weighted by Crippen LogP contribution is -2.55. The zero-order valence-electron chi connectivity index (χ0n) is 23.7. The molecule has 10 nitrogen and oxygen atoms in total. The van der Waals surface area contributed by atoms with Crippen LogP contribution in [0.4, 0.5) is 4.39 Å². The summed E-state index contributed by atoms with van der Waals surface area (Å²) in [4.78, 5) is 44.1. The minimum absolute atomic E-state index is 0.631. The third kappa shape index (κ3) is 8.48. The lowest BCUT2D eigenvalue weighted by Gasteiger charge is -2.38. The average molecular weight is 581 g/mol. The molecule has 3 N–H and O–H groups in total. The molecule has 42 heavy (non-hydrogen) atoms. The van der Waals surface area contributed by atoms with Crippen molar-refractivity contribution in [3.05, 3.63) is 83.4 Å². The van der Waals surface area contributed by atoms with E-state index in [1.54, 1.807) is 6.08 Å². The van der Waals surface area contributed by atoms with Gasteiger partial charge in [-0.15, -0.1) is 0 Å². The molecule has 4 atom stereocenters. The minimum atomic E-state index is -1.41. The Hall–Kier alpha value is -4.06. The summed E-state index contributed by atoms with van der Waals surface area (Å²) in [7, 11) is 0. The first-order valence-corrected chi connectivity index (χ1v) is 13.6. The van der Waals surface area contributed by atoms with Gasteiger partial charge in [0.2, 0.25) is 6.29 Å². The second-order valence-electron chi connectivity index (χ2n) is 9.90. The van der Waals surface area contributed by atoms with Crippen molar-refractivity contribution in [1.82, 2.24) is 15.8 Å². The van der Waals surface area contributed by atoms with Crippen LogP contribution in [0.3, 0.4) is 0 Å². The van der Waals surface area contributed by atoms with Crippen LogP contribution in [-0.2, 0) is 46.4 Å². The maximum atomic E-state index is 13.3. The highest BCUT2D eigenvalue weighted by Gasteiger charge is 2.44. The van der Waals surface area contributed by atoms with Crippen LogP contribution >= 0.6 is 0 Å². The molecule has 1 aliphatic rings. The Balaban J connectivity index is 1.25. The normalized spacial score (nSPS) is 20.5. The number of hydroxylamine groups is 1. The fraction of sp³-hybridized carbons (Fsp3) is 0.355. The summed E-state index contributed by atoms with van der Waals surface area (Å²) in [6.07, 6.45) is 0.162. The van der Waals surface area contributed by atoms with Crippen molar-refractivity contribution in [3.8, 4) is 0 Å². The van der Waals surface area contributed by atoms with Gasteiger partial charge in [-0.3, -0.25) is 14.4 Å². The Kier molecular flexibility index (Phi) is 10.8. The highest BCUT2D eigenvalue weighted by Crippen LogP contribution is 2.26. The smallest absolute Gasteiger partial charge is 0.303 e. The number of esters is 2. The summed E-state index contributed by atoms with van der Waals surface area (Å²) in [5.74, 6) is -1.99. The molecule has 223 valence electrons. The molecular formula is C31H35FN3O7. The Bertz CT molecular complexity index is 1410. The number of amides is 1. The molecule has 1 saturated heterocycles. The van der Waals surface area contributed by atoms with Crippen molar-refractivity contribution in [2.45, 2.75) is 58.3 Å². The zero-order valence-corrected chi connectivity index (χ0v) is 23.7. The first-order chi connectivity index (χ1) is 20.2. The molecule has 0 aliphatic carbocycles. The molecular weight excluding hydrogens is 545 g/mol. The van der Waals surface area contributed by atoms with Gasteiger partial charge in [-0.25, -0.2) is 14.7 Å². The Morgan fingerprint density at radius 2 is 1.79 bits per heavy atom. The number of fused-ring (bicyclic) bond motifs is 1. The molecule has 11 heteroatoms. The van der Waals surface area contributed by atoms with E-state index in [1.165, 1.54) is 29.1 Å². The van der Waals surface area contributed by atoms with Crippen LogP contribution in [-0.4, -0.2) is 60.7 Å². The molecule has 2 aromatic carbocycles. The van der Waals surface area contributed by atoms with Crippen molar-refractivity contribution < 1.29 is 37.8 Å². The van der Waals surface area contributed by atoms with Crippen LogP contribution in [0.1, 0.15) is 36.2 Å². The quantitative estimate of drug-likeness (QED) is 0.128. The van der Waals surface area contributed by atoms with E-state index in [0.717, 1.165) is 43.5 Å². The number of para-hydroxylation sites is 1. The Morgan fingerprint density at radius 3 is 2.50 bits per heavy atom. The number of aromatic nitrogens is 1. The molecule has 1 amide bonds. The van der Waals surface area contributed by atoms with Gasteiger partial charge in [0.1, 0.15) is 12.8 Å². The van der Waals surface area contributed by atoms with Crippen LogP contribution in [0.5, 0.6) is 0 Å². The van der Waals surface area contributed by atoms with Gasteiger partial charge in [0.25, 0.3) is 5.91 Å². The van der Waals surface area contributed by atoms with Crippen LogP contribution in [0.15, 0.2) is 54.6 Å². The zero-order chi connectivity index (χ0) is 30.1. The fourth-order valence-electron chi connectivity index (χ4n) is 4.74. The molecule has 1 aromatic heterocycles. The third-order valence-electron chi connectivity index (χ3n) is 6.65. The number of H-pyrrole nitrogens is 1. The van der Waals surface area contributed by atoms with E-state index in [2.05, 4.69) is 40.9 Å². The number of rotatable bonds is 12. The van der Waals surface area contributed by atoms with Crippen molar-refractivity contribution in [3.63, 3.8) is 0 Å². The lowest BCUT2D eigenvalue weighted by atomic mass is 10.0. The summed E-state index contributed by atoms with van der Waals surface area (Å²) in [5, 5.41) is 4.73. The minimum Gasteiger partial charge on any atom is -0.458 e. The number of aromatic amines is 1. The van der Waals surface area contributed by atoms with E-state index in [1.807, 2.05) is 30.3 Å². The third-order valence-corrected chi connectivity index (χ3v) is 6.65. The Morgan fingerprint density at radius 1 is 1.05 bits per heavy atom. The van der Waals surface area contributed by atoms with Crippen LogP contribution < -0.4 is 10.8 Å². The van der Waals surface area contributed by atoms with Crippen molar-refractivity contribution in [2.75, 3.05) is 13.2 Å². The number of aryl methyl sites for hydroxylation is 1.